The molecule has 2 rings (SSSR count). The number of pyridine rings is 1. The van der Waals surface area contributed by atoms with Crippen molar-refractivity contribution in [1.29, 1.82) is 0 Å². The van der Waals surface area contributed by atoms with Gasteiger partial charge in [0.2, 0.25) is 0 Å². The predicted octanol–water partition coefficient (Wildman–Crippen LogP) is 3.72. The number of aromatic nitrogens is 1. The van der Waals surface area contributed by atoms with Gasteiger partial charge in [-0.1, -0.05) is 23.7 Å². The van der Waals surface area contributed by atoms with Crippen molar-refractivity contribution in [3.8, 4) is 11.1 Å². The van der Waals surface area contributed by atoms with Gasteiger partial charge in [-0.2, -0.15) is 13.2 Å². The van der Waals surface area contributed by atoms with Crippen molar-refractivity contribution in [2.24, 2.45) is 7.05 Å². The van der Waals surface area contributed by atoms with E-state index in [4.69, 9.17) is 11.6 Å². The molecule has 6 heteroatoms. The minimum absolute atomic E-state index is 0.201. The number of halogens is 4. The lowest BCUT2D eigenvalue weighted by Crippen LogP contribution is -2.26. The molecule has 0 aliphatic carbocycles. The fourth-order valence-corrected chi connectivity index (χ4v) is 1.90. The molecule has 100 valence electrons. The van der Waals surface area contributed by atoms with Gasteiger partial charge in [0, 0.05) is 17.6 Å². The average Bonchev–Trinajstić information content (AvgIpc) is 2.32. The molecule has 0 aliphatic heterocycles. The highest BCUT2D eigenvalue weighted by molar-refractivity contribution is 6.30. The van der Waals surface area contributed by atoms with Crippen LogP contribution in [0, 0.1) is 0 Å². The zero-order chi connectivity index (χ0) is 14.2. The summed E-state index contributed by atoms with van der Waals surface area (Å²) in [5, 5.41) is 0.493. The van der Waals surface area contributed by atoms with Crippen LogP contribution in [0.2, 0.25) is 5.02 Å². The van der Waals surface area contributed by atoms with Crippen LogP contribution in [0.1, 0.15) is 5.69 Å². The zero-order valence-electron chi connectivity index (χ0n) is 9.83. The Morgan fingerprint density at radius 3 is 2.16 bits per heavy atom. The number of hydrogen-bond acceptors (Lipinski definition) is 1. The van der Waals surface area contributed by atoms with E-state index in [-0.39, 0.29) is 5.56 Å². The van der Waals surface area contributed by atoms with Crippen LogP contribution in [0.3, 0.4) is 0 Å². The molecule has 0 spiro atoms. The van der Waals surface area contributed by atoms with Gasteiger partial charge in [0.25, 0.3) is 5.56 Å². The smallest absolute Gasteiger partial charge is 0.307 e. The first kappa shape index (κ1) is 13.7. The quantitative estimate of drug-likeness (QED) is 0.783. The Hall–Kier alpha value is -1.75. The summed E-state index contributed by atoms with van der Waals surface area (Å²) in [5.74, 6) is 0. The van der Waals surface area contributed by atoms with E-state index in [9.17, 15) is 18.0 Å². The fraction of sp³-hybridized carbons (Fsp3) is 0.154. The highest BCUT2D eigenvalue weighted by Crippen LogP contribution is 2.29. The topological polar surface area (TPSA) is 22.0 Å². The van der Waals surface area contributed by atoms with Gasteiger partial charge in [-0.3, -0.25) is 4.79 Å². The Kier molecular flexibility index (Phi) is 3.41. The zero-order valence-corrected chi connectivity index (χ0v) is 10.6. The van der Waals surface area contributed by atoms with E-state index < -0.39 is 17.4 Å². The number of rotatable bonds is 1. The van der Waals surface area contributed by atoms with E-state index in [0.717, 1.165) is 13.1 Å². The van der Waals surface area contributed by atoms with Gasteiger partial charge in [-0.25, -0.2) is 0 Å². The maximum Gasteiger partial charge on any atom is 0.431 e. The van der Waals surface area contributed by atoms with E-state index in [0.29, 0.717) is 15.2 Å². The summed E-state index contributed by atoms with van der Waals surface area (Å²) in [4.78, 5) is 12.0. The molecule has 0 N–H and O–H groups in total. The third kappa shape index (κ3) is 2.66. The second-order valence-electron chi connectivity index (χ2n) is 4.00. The Morgan fingerprint density at radius 1 is 1.05 bits per heavy atom. The van der Waals surface area contributed by atoms with Crippen molar-refractivity contribution >= 4 is 11.6 Å². The normalized spacial score (nSPS) is 11.6. The van der Waals surface area contributed by atoms with Crippen LogP contribution < -0.4 is 5.56 Å². The summed E-state index contributed by atoms with van der Waals surface area (Å²) in [6, 6.07) is 8.40. The van der Waals surface area contributed by atoms with Crippen molar-refractivity contribution in [1.82, 2.24) is 4.57 Å². The molecule has 2 nitrogen and oxygen atoms in total. The van der Waals surface area contributed by atoms with Crippen LogP contribution in [0.25, 0.3) is 11.1 Å². The highest BCUT2D eigenvalue weighted by Gasteiger charge is 2.33. The van der Waals surface area contributed by atoms with Crippen molar-refractivity contribution in [3.63, 3.8) is 0 Å². The van der Waals surface area contributed by atoms with Crippen molar-refractivity contribution < 1.29 is 13.2 Å². The third-order valence-electron chi connectivity index (χ3n) is 2.75. The maximum absolute atomic E-state index is 12.6. The van der Waals surface area contributed by atoms with Gasteiger partial charge in [0.1, 0.15) is 5.69 Å². The number of benzene rings is 1. The van der Waals surface area contributed by atoms with Crippen LogP contribution in [0.4, 0.5) is 13.2 Å². The van der Waals surface area contributed by atoms with Crippen LogP contribution in [-0.4, -0.2) is 4.57 Å². The summed E-state index contributed by atoms with van der Waals surface area (Å²) in [6.45, 7) is 0. The second kappa shape index (κ2) is 4.74. The summed E-state index contributed by atoms with van der Waals surface area (Å²) >= 11 is 5.72. The Balaban J connectivity index is 2.60. The third-order valence-corrected chi connectivity index (χ3v) is 3.00. The number of hydrogen-bond donors (Lipinski definition) is 0. The fourth-order valence-electron chi connectivity index (χ4n) is 1.77. The molecule has 0 saturated carbocycles. The van der Waals surface area contributed by atoms with Gasteiger partial charge in [0.05, 0.1) is 0 Å². The van der Waals surface area contributed by atoms with Gasteiger partial charge < -0.3 is 4.57 Å². The minimum atomic E-state index is -4.55. The van der Waals surface area contributed by atoms with E-state index in [1.165, 1.54) is 6.07 Å². The monoisotopic (exact) mass is 287 g/mol. The molecule has 1 heterocycles. The van der Waals surface area contributed by atoms with Gasteiger partial charge in [0.15, 0.2) is 0 Å². The summed E-state index contributed by atoms with van der Waals surface area (Å²) in [6.07, 6.45) is -4.55. The number of alkyl halides is 3. The lowest BCUT2D eigenvalue weighted by atomic mass is 10.1. The van der Waals surface area contributed by atoms with Gasteiger partial charge >= 0.3 is 6.18 Å². The first-order valence-corrected chi connectivity index (χ1v) is 5.71. The van der Waals surface area contributed by atoms with Gasteiger partial charge in [-0.05, 0) is 29.8 Å². The van der Waals surface area contributed by atoms with Gasteiger partial charge in [-0.15, -0.1) is 0 Å². The molecular weight excluding hydrogens is 279 g/mol. The molecule has 0 radical (unpaired) electrons. The highest BCUT2D eigenvalue weighted by atomic mass is 35.5. The molecule has 19 heavy (non-hydrogen) atoms. The SMILES string of the molecule is Cn1c(C(F)(F)F)ccc(-c2ccc(Cl)cc2)c1=O. The summed E-state index contributed by atoms with van der Waals surface area (Å²) < 4.78 is 38.5. The molecular formula is C13H9ClF3NO. The van der Waals surface area contributed by atoms with Crippen LogP contribution in [0.15, 0.2) is 41.2 Å². The molecule has 0 unspecified atom stereocenters. The van der Waals surface area contributed by atoms with Crippen LogP contribution in [-0.2, 0) is 13.2 Å². The Bertz CT molecular complexity index is 659. The first-order chi connectivity index (χ1) is 8.80. The van der Waals surface area contributed by atoms with Crippen molar-refractivity contribution in [2.75, 3.05) is 0 Å². The first-order valence-electron chi connectivity index (χ1n) is 5.34. The molecule has 0 atom stereocenters. The molecule has 2 aromatic rings. The number of nitrogens with zero attached hydrogens (tertiary/aromatic N) is 1. The van der Waals surface area contributed by atoms with Crippen molar-refractivity contribution in [3.05, 3.63) is 57.5 Å². The molecule has 0 bridgehead atoms. The molecule has 0 saturated heterocycles. The molecule has 0 fully saturated rings. The van der Waals surface area contributed by atoms with E-state index >= 15 is 0 Å². The summed E-state index contributed by atoms with van der Waals surface area (Å²) in [5.41, 5.74) is -0.946. The lowest BCUT2D eigenvalue weighted by Gasteiger charge is -2.13. The van der Waals surface area contributed by atoms with Crippen LogP contribution >= 0.6 is 11.6 Å². The minimum Gasteiger partial charge on any atom is -0.307 e. The Labute approximate surface area is 112 Å². The van der Waals surface area contributed by atoms with Crippen LogP contribution in [0.5, 0.6) is 0 Å². The van der Waals surface area contributed by atoms with Crippen molar-refractivity contribution in [2.45, 2.75) is 6.18 Å². The predicted molar refractivity (Wildman–Crippen MR) is 67.1 cm³/mol. The standard InChI is InChI=1S/C13H9ClF3NO/c1-18-11(13(15,16)17)7-6-10(12(18)19)8-2-4-9(14)5-3-8/h2-7H,1H3. The largest absolute Gasteiger partial charge is 0.431 e. The average molecular weight is 288 g/mol. The second-order valence-corrected chi connectivity index (χ2v) is 4.44. The molecule has 1 aromatic carbocycles. The van der Waals surface area contributed by atoms with E-state index in [2.05, 4.69) is 0 Å². The molecule has 0 aliphatic rings. The van der Waals surface area contributed by atoms with E-state index in [1.54, 1.807) is 24.3 Å². The summed E-state index contributed by atoms with van der Waals surface area (Å²) in [7, 11) is 1.10. The molecule has 1 aromatic heterocycles. The Morgan fingerprint density at radius 2 is 1.63 bits per heavy atom. The lowest BCUT2D eigenvalue weighted by molar-refractivity contribution is -0.143. The maximum atomic E-state index is 12.6. The van der Waals surface area contributed by atoms with E-state index in [1.807, 2.05) is 0 Å². The molecule has 0 amide bonds.